The predicted molar refractivity (Wildman–Crippen MR) is 63.3 cm³/mol. The van der Waals surface area contributed by atoms with E-state index in [2.05, 4.69) is 15.9 Å². The molecule has 1 aromatic rings. The van der Waals surface area contributed by atoms with Gasteiger partial charge in [0.15, 0.2) is 5.54 Å². The number of halogens is 5. The average Bonchev–Trinajstić information content (AvgIpc) is 2.30. The van der Waals surface area contributed by atoms with Gasteiger partial charge in [0.2, 0.25) is 0 Å². The van der Waals surface area contributed by atoms with E-state index in [0.29, 0.717) is 0 Å². The third-order valence-corrected chi connectivity index (χ3v) is 3.01. The number of rotatable bonds is 3. The van der Waals surface area contributed by atoms with Gasteiger partial charge < -0.3 is 10.4 Å². The highest BCUT2D eigenvalue weighted by molar-refractivity contribution is 9.10. The Morgan fingerprint density at radius 1 is 1.30 bits per heavy atom. The summed E-state index contributed by atoms with van der Waals surface area (Å²) in [5, 5.41) is 10.3. The lowest BCUT2D eigenvalue weighted by atomic mass is 9.91. The number of hydrogen-bond acceptors (Lipinski definition) is 2. The standard InChI is InChI=1S/C11H8BrF4NO3/c1-10(9(19)20,17-8(18)11(14,15)16)6-4-5(12)2-3-7(6)13/h2-4H,1H3,(H,17,18)(H,19,20). The highest BCUT2D eigenvalue weighted by Crippen LogP contribution is 2.28. The van der Waals surface area contributed by atoms with Crippen LogP contribution < -0.4 is 5.32 Å². The fraction of sp³-hybridized carbons (Fsp3) is 0.273. The molecule has 0 aromatic heterocycles. The Morgan fingerprint density at radius 3 is 2.30 bits per heavy atom. The van der Waals surface area contributed by atoms with Crippen molar-refractivity contribution in [3.05, 3.63) is 34.1 Å². The molecule has 0 aliphatic heterocycles. The summed E-state index contributed by atoms with van der Waals surface area (Å²) in [5.74, 6) is -5.35. The van der Waals surface area contributed by atoms with Gasteiger partial charge in [-0.05, 0) is 25.1 Å². The summed E-state index contributed by atoms with van der Waals surface area (Å²) >= 11 is 2.95. The lowest BCUT2D eigenvalue weighted by Gasteiger charge is -2.27. The normalized spacial score (nSPS) is 14.5. The number of carboxylic acid groups (broad SMARTS) is 1. The quantitative estimate of drug-likeness (QED) is 0.817. The minimum absolute atomic E-state index is 0.252. The molecule has 2 N–H and O–H groups in total. The van der Waals surface area contributed by atoms with Crippen LogP contribution in [-0.4, -0.2) is 23.2 Å². The van der Waals surface area contributed by atoms with Crippen molar-refractivity contribution in [1.82, 2.24) is 5.32 Å². The van der Waals surface area contributed by atoms with Gasteiger partial charge in [0.05, 0.1) is 0 Å². The van der Waals surface area contributed by atoms with Crippen LogP contribution in [0.25, 0.3) is 0 Å². The van der Waals surface area contributed by atoms with Crippen molar-refractivity contribution in [3.63, 3.8) is 0 Å². The van der Waals surface area contributed by atoms with Crippen molar-refractivity contribution in [2.24, 2.45) is 0 Å². The van der Waals surface area contributed by atoms with Gasteiger partial charge in [0, 0.05) is 10.0 Å². The molecule has 0 saturated carbocycles. The molecule has 110 valence electrons. The van der Waals surface area contributed by atoms with E-state index in [4.69, 9.17) is 5.11 Å². The van der Waals surface area contributed by atoms with Crippen LogP contribution in [0.3, 0.4) is 0 Å². The fourth-order valence-electron chi connectivity index (χ4n) is 1.41. The van der Waals surface area contributed by atoms with Crippen LogP contribution in [0.4, 0.5) is 17.6 Å². The number of hydrogen-bond donors (Lipinski definition) is 2. The molecule has 1 aromatic carbocycles. The van der Waals surface area contributed by atoms with E-state index in [1.165, 1.54) is 11.4 Å². The molecule has 4 nitrogen and oxygen atoms in total. The molecule has 0 bridgehead atoms. The topological polar surface area (TPSA) is 66.4 Å². The summed E-state index contributed by atoms with van der Waals surface area (Å²) in [6.07, 6.45) is -5.28. The van der Waals surface area contributed by atoms with E-state index in [1.807, 2.05) is 0 Å². The zero-order chi connectivity index (χ0) is 15.7. The lowest BCUT2D eigenvalue weighted by Crippen LogP contribution is -2.53. The number of carbonyl (C=O) groups excluding carboxylic acids is 1. The van der Waals surface area contributed by atoms with Gasteiger partial charge in [-0.2, -0.15) is 13.2 Å². The van der Waals surface area contributed by atoms with Gasteiger partial charge >= 0.3 is 18.1 Å². The number of amides is 1. The monoisotopic (exact) mass is 357 g/mol. The molecule has 0 aliphatic rings. The highest BCUT2D eigenvalue weighted by Gasteiger charge is 2.47. The van der Waals surface area contributed by atoms with Crippen molar-refractivity contribution in [1.29, 1.82) is 0 Å². The minimum atomic E-state index is -5.28. The molecule has 0 spiro atoms. The maximum absolute atomic E-state index is 13.7. The molecule has 0 heterocycles. The van der Waals surface area contributed by atoms with E-state index in [0.717, 1.165) is 19.1 Å². The Balaban J connectivity index is 3.32. The Labute approximate surface area is 118 Å². The molecule has 9 heteroatoms. The number of nitrogens with one attached hydrogen (secondary N) is 1. The second kappa shape index (κ2) is 5.39. The molecule has 1 unspecified atom stereocenters. The Hall–Kier alpha value is -1.64. The third-order valence-electron chi connectivity index (χ3n) is 2.52. The van der Waals surface area contributed by atoms with E-state index in [9.17, 15) is 27.2 Å². The third kappa shape index (κ3) is 3.27. The largest absolute Gasteiger partial charge is 0.479 e. The van der Waals surface area contributed by atoms with Crippen LogP contribution in [0, 0.1) is 5.82 Å². The first-order valence-electron chi connectivity index (χ1n) is 5.06. The molecule has 1 rings (SSSR count). The van der Waals surface area contributed by atoms with Crippen LogP contribution in [0.15, 0.2) is 22.7 Å². The SMILES string of the molecule is CC(NC(=O)C(F)(F)F)(C(=O)O)c1cc(Br)ccc1F. The first kappa shape index (κ1) is 16.4. The van der Waals surface area contributed by atoms with Crippen LogP contribution in [0.2, 0.25) is 0 Å². The summed E-state index contributed by atoms with van der Waals surface area (Å²) in [6.45, 7) is 0.768. The fourth-order valence-corrected chi connectivity index (χ4v) is 1.78. The zero-order valence-electron chi connectivity index (χ0n) is 9.89. The molecule has 0 fully saturated rings. The number of carboxylic acids is 1. The molecule has 1 amide bonds. The van der Waals surface area contributed by atoms with Crippen LogP contribution >= 0.6 is 15.9 Å². The smallest absolute Gasteiger partial charge is 0.471 e. The number of aliphatic carboxylic acids is 1. The summed E-state index contributed by atoms with van der Waals surface area (Å²) in [6, 6.07) is 3.10. The molecular formula is C11H8BrF4NO3. The van der Waals surface area contributed by atoms with Crippen molar-refractivity contribution in [3.8, 4) is 0 Å². The van der Waals surface area contributed by atoms with Crippen molar-refractivity contribution in [2.75, 3.05) is 0 Å². The first-order chi connectivity index (χ1) is 8.98. The summed E-state index contributed by atoms with van der Waals surface area (Å²) in [5.41, 5.74) is -3.16. The van der Waals surface area contributed by atoms with Crippen molar-refractivity contribution in [2.45, 2.75) is 18.6 Å². The Kier molecular flexibility index (Phi) is 4.42. The summed E-state index contributed by atoms with van der Waals surface area (Å²) in [7, 11) is 0. The van der Waals surface area contributed by atoms with Crippen LogP contribution in [0.1, 0.15) is 12.5 Å². The van der Waals surface area contributed by atoms with E-state index < -0.39 is 35.0 Å². The Morgan fingerprint density at radius 2 is 1.85 bits per heavy atom. The van der Waals surface area contributed by atoms with Crippen LogP contribution in [-0.2, 0) is 15.1 Å². The molecule has 0 radical (unpaired) electrons. The second-order valence-electron chi connectivity index (χ2n) is 4.01. The van der Waals surface area contributed by atoms with E-state index >= 15 is 0 Å². The van der Waals surface area contributed by atoms with Crippen molar-refractivity contribution < 1.29 is 32.3 Å². The molecule has 20 heavy (non-hydrogen) atoms. The van der Waals surface area contributed by atoms with Gasteiger partial charge in [0.1, 0.15) is 5.82 Å². The van der Waals surface area contributed by atoms with Gasteiger partial charge in [-0.15, -0.1) is 0 Å². The highest BCUT2D eigenvalue weighted by atomic mass is 79.9. The first-order valence-corrected chi connectivity index (χ1v) is 5.86. The summed E-state index contributed by atoms with van der Waals surface area (Å²) < 4.78 is 50.6. The number of alkyl halides is 3. The molecule has 1 atom stereocenters. The molecule has 0 saturated heterocycles. The van der Waals surface area contributed by atoms with Gasteiger partial charge in [-0.1, -0.05) is 15.9 Å². The number of carbonyl (C=O) groups is 2. The van der Waals surface area contributed by atoms with Gasteiger partial charge in [0.25, 0.3) is 0 Å². The van der Waals surface area contributed by atoms with E-state index in [1.54, 1.807) is 0 Å². The zero-order valence-corrected chi connectivity index (χ0v) is 11.5. The average molecular weight is 358 g/mol. The summed E-state index contributed by atoms with van der Waals surface area (Å²) in [4.78, 5) is 22.1. The lowest BCUT2D eigenvalue weighted by molar-refractivity contribution is -0.177. The number of benzene rings is 1. The van der Waals surface area contributed by atoms with E-state index in [-0.39, 0.29) is 4.47 Å². The molecular weight excluding hydrogens is 350 g/mol. The predicted octanol–water partition coefficient (Wildman–Crippen LogP) is 2.57. The maximum atomic E-state index is 13.7. The van der Waals surface area contributed by atoms with Gasteiger partial charge in [-0.25, -0.2) is 9.18 Å². The Bertz CT molecular complexity index is 561. The minimum Gasteiger partial charge on any atom is -0.479 e. The van der Waals surface area contributed by atoms with Gasteiger partial charge in [-0.3, -0.25) is 4.79 Å². The second-order valence-corrected chi connectivity index (χ2v) is 4.92. The molecule has 0 aliphatic carbocycles. The van der Waals surface area contributed by atoms with Crippen molar-refractivity contribution >= 4 is 27.8 Å². The van der Waals surface area contributed by atoms with Crippen LogP contribution in [0.5, 0.6) is 0 Å². The maximum Gasteiger partial charge on any atom is 0.471 e.